The Hall–Kier alpha value is -0.890. The fourth-order valence-electron chi connectivity index (χ4n) is 1.97. The van der Waals surface area contributed by atoms with Crippen molar-refractivity contribution in [1.82, 2.24) is 9.21 Å². The number of nitrogens with two attached hydrogens (primary N) is 1. The summed E-state index contributed by atoms with van der Waals surface area (Å²) in [6.07, 6.45) is 0. The van der Waals surface area contributed by atoms with Crippen molar-refractivity contribution in [2.24, 2.45) is 5.73 Å². The molecular formula is C11H19N3O3S. The van der Waals surface area contributed by atoms with Crippen LogP contribution in [-0.2, 0) is 16.6 Å². The van der Waals surface area contributed by atoms with E-state index in [1.807, 2.05) is 14.0 Å². The van der Waals surface area contributed by atoms with E-state index < -0.39 is 10.0 Å². The number of sulfonamides is 1. The minimum atomic E-state index is -3.52. The summed E-state index contributed by atoms with van der Waals surface area (Å²) < 4.78 is 31.4. The molecule has 0 amide bonds. The van der Waals surface area contributed by atoms with Crippen molar-refractivity contribution in [3.8, 4) is 0 Å². The molecule has 0 aliphatic carbocycles. The van der Waals surface area contributed by atoms with Crippen LogP contribution in [0.4, 0.5) is 0 Å². The van der Waals surface area contributed by atoms with Crippen LogP contribution in [0.5, 0.6) is 0 Å². The topological polar surface area (TPSA) is 79.8 Å². The number of rotatable bonds is 3. The average molecular weight is 273 g/mol. The predicted molar refractivity (Wildman–Crippen MR) is 67.5 cm³/mol. The summed E-state index contributed by atoms with van der Waals surface area (Å²) in [5.41, 5.74) is 5.42. The van der Waals surface area contributed by atoms with Crippen molar-refractivity contribution in [3.05, 3.63) is 17.9 Å². The average Bonchev–Trinajstić information content (AvgIpc) is 2.81. The van der Waals surface area contributed by atoms with Gasteiger partial charge in [0.05, 0.1) is 6.54 Å². The van der Waals surface area contributed by atoms with Crippen LogP contribution in [0.15, 0.2) is 21.6 Å². The molecule has 0 saturated carbocycles. The Bertz CT molecular complexity index is 511. The van der Waals surface area contributed by atoms with E-state index >= 15 is 0 Å². The molecule has 0 spiro atoms. The van der Waals surface area contributed by atoms with E-state index in [0.717, 1.165) is 6.54 Å². The normalized spacial score (nSPS) is 23.4. The lowest BCUT2D eigenvalue weighted by Gasteiger charge is -2.36. The molecule has 1 atom stereocenters. The molecule has 2 heterocycles. The Morgan fingerprint density at radius 2 is 2.17 bits per heavy atom. The monoisotopic (exact) mass is 273 g/mol. The highest BCUT2D eigenvalue weighted by molar-refractivity contribution is 7.89. The second-order valence-electron chi connectivity index (χ2n) is 4.62. The van der Waals surface area contributed by atoms with Crippen LogP contribution >= 0.6 is 0 Å². The molecule has 2 rings (SSSR count). The summed E-state index contributed by atoms with van der Waals surface area (Å²) in [5.74, 6) is 0.482. The zero-order chi connectivity index (χ0) is 13.3. The molecule has 7 heteroatoms. The molecule has 0 aromatic carbocycles. The van der Waals surface area contributed by atoms with Gasteiger partial charge in [-0.1, -0.05) is 0 Å². The molecule has 1 aromatic rings. The molecule has 1 aromatic heterocycles. The van der Waals surface area contributed by atoms with Gasteiger partial charge < -0.3 is 15.1 Å². The lowest BCUT2D eigenvalue weighted by atomic mass is 10.2. The Morgan fingerprint density at radius 1 is 1.44 bits per heavy atom. The number of furan rings is 1. The Balaban J connectivity index is 2.21. The largest absolute Gasteiger partial charge is 0.447 e. The number of piperazine rings is 1. The highest BCUT2D eigenvalue weighted by Crippen LogP contribution is 2.21. The standard InChI is InChI=1S/C11H19N3O3S/c1-9-8-14(6-5-13(9)2)18(15,16)11-4-3-10(7-12)17-11/h3-4,9H,5-8,12H2,1-2H3. The summed E-state index contributed by atoms with van der Waals surface area (Å²) in [4.78, 5) is 2.14. The zero-order valence-corrected chi connectivity index (χ0v) is 11.5. The fourth-order valence-corrected chi connectivity index (χ4v) is 3.41. The minimum Gasteiger partial charge on any atom is -0.447 e. The van der Waals surface area contributed by atoms with Crippen LogP contribution in [0.25, 0.3) is 0 Å². The fraction of sp³-hybridized carbons (Fsp3) is 0.636. The van der Waals surface area contributed by atoms with Gasteiger partial charge in [-0.25, -0.2) is 8.42 Å². The van der Waals surface area contributed by atoms with E-state index in [1.165, 1.54) is 10.4 Å². The van der Waals surface area contributed by atoms with Gasteiger partial charge in [0.1, 0.15) is 5.76 Å². The van der Waals surface area contributed by atoms with Crippen LogP contribution in [-0.4, -0.2) is 50.3 Å². The maximum atomic E-state index is 12.3. The third-order valence-electron chi connectivity index (χ3n) is 3.35. The molecule has 1 aliphatic heterocycles. The van der Waals surface area contributed by atoms with Gasteiger partial charge in [0.25, 0.3) is 10.0 Å². The van der Waals surface area contributed by atoms with Crippen molar-refractivity contribution in [2.75, 3.05) is 26.7 Å². The van der Waals surface area contributed by atoms with Crippen LogP contribution in [0, 0.1) is 0 Å². The maximum absolute atomic E-state index is 12.3. The van der Waals surface area contributed by atoms with Gasteiger partial charge in [0, 0.05) is 25.7 Å². The first kappa shape index (κ1) is 13.5. The SMILES string of the molecule is CC1CN(S(=O)(=O)c2ccc(CN)o2)CCN1C. The van der Waals surface area contributed by atoms with Crippen LogP contribution < -0.4 is 5.73 Å². The van der Waals surface area contributed by atoms with Crippen molar-refractivity contribution in [2.45, 2.75) is 24.6 Å². The van der Waals surface area contributed by atoms with Crippen molar-refractivity contribution in [1.29, 1.82) is 0 Å². The van der Waals surface area contributed by atoms with Gasteiger partial charge in [-0.05, 0) is 26.1 Å². The quantitative estimate of drug-likeness (QED) is 0.842. The summed E-state index contributed by atoms with van der Waals surface area (Å²) in [6, 6.07) is 3.28. The van der Waals surface area contributed by atoms with E-state index in [4.69, 9.17) is 10.2 Å². The molecule has 0 radical (unpaired) electrons. The van der Waals surface area contributed by atoms with Gasteiger partial charge in [-0.2, -0.15) is 4.31 Å². The number of nitrogens with zero attached hydrogens (tertiary/aromatic N) is 2. The molecule has 1 saturated heterocycles. The van der Waals surface area contributed by atoms with E-state index in [9.17, 15) is 8.42 Å². The molecule has 1 unspecified atom stereocenters. The molecule has 2 N–H and O–H groups in total. The Labute approximate surface area is 107 Å². The highest BCUT2D eigenvalue weighted by atomic mass is 32.2. The first-order valence-electron chi connectivity index (χ1n) is 5.94. The summed E-state index contributed by atoms with van der Waals surface area (Å²) in [6.45, 7) is 3.91. The molecule has 1 fully saturated rings. The lowest BCUT2D eigenvalue weighted by Crippen LogP contribution is -2.51. The molecule has 6 nitrogen and oxygen atoms in total. The number of hydrogen-bond donors (Lipinski definition) is 1. The summed E-state index contributed by atoms with van der Waals surface area (Å²) in [5, 5.41) is -0.0142. The predicted octanol–water partition coefficient (Wildman–Crippen LogP) is 0.0629. The smallest absolute Gasteiger partial charge is 0.276 e. The Morgan fingerprint density at radius 3 is 2.72 bits per heavy atom. The minimum absolute atomic E-state index is 0.0142. The maximum Gasteiger partial charge on any atom is 0.276 e. The van der Waals surface area contributed by atoms with Crippen LogP contribution in [0.1, 0.15) is 12.7 Å². The van der Waals surface area contributed by atoms with E-state index in [0.29, 0.717) is 18.8 Å². The molecule has 0 bridgehead atoms. The first-order chi connectivity index (χ1) is 8.45. The molecule has 102 valence electrons. The van der Waals surface area contributed by atoms with Crippen LogP contribution in [0.2, 0.25) is 0 Å². The molecule has 18 heavy (non-hydrogen) atoms. The van der Waals surface area contributed by atoms with Crippen molar-refractivity contribution in [3.63, 3.8) is 0 Å². The van der Waals surface area contributed by atoms with E-state index in [2.05, 4.69) is 4.90 Å². The second-order valence-corrected chi connectivity index (χ2v) is 6.49. The third kappa shape index (κ3) is 2.44. The van der Waals surface area contributed by atoms with Gasteiger partial charge >= 0.3 is 0 Å². The van der Waals surface area contributed by atoms with Crippen LogP contribution in [0.3, 0.4) is 0 Å². The third-order valence-corrected chi connectivity index (χ3v) is 5.09. The summed E-state index contributed by atoms with van der Waals surface area (Å²) >= 11 is 0. The number of likely N-dealkylation sites (N-methyl/N-ethyl adjacent to an activating group) is 1. The van der Waals surface area contributed by atoms with E-state index in [-0.39, 0.29) is 17.7 Å². The van der Waals surface area contributed by atoms with Gasteiger partial charge in [0.2, 0.25) is 5.09 Å². The Kier molecular flexibility index (Phi) is 3.76. The zero-order valence-electron chi connectivity index (χ0n) is 10.7. The molecule has 1 aliphatic rings. The van der Waals surface area contributed by atoms with Gasteiger partial charge in [-0.3, -0.25) is 0 Å². The first-order valence-corrected chi connectivity index (χ1v) is 7.38. The van der Waals surface area contributed by atoms with E-state index in [1.54, 1.807) is 6.07 Å². The van der Waals surface area contributed by atoms with Gasteiger partial charge in [-0.15, -0.1) is 0 Å². The number of hydrogen-bond acceptors (Lipinski definition) is 5. The van der Waals surface area contributed by atoms with Gasteiger partial charge in [0.15, 0.2) is 0 Å². The summed E-state index contributed by atoms with van der Waals surface area (Å²) in [7, 11) is -1.53. The molecular weight excluding hydrogens is 254 g/mol. The second kappa shape index (κ2) is 5.00. The van der Waals surface area contributed by atoms with Crippen molar-refractivity contribution >= 4 is 10.0 Å². The lowest BCUT2D eigenvalue weighted by molar-refractivity contribution is 0.158. The highest BCUT2D eigenvalue weighted by Gasteiger charge is 2.32. The van der Waals surface area contributed by atoms with Crippen molar-refractivity contribution < 1.29 is 12.8 Å².